The van der Waals surface area contributed by atoms with E-state index in [1.807, 2.05) is 0 Å². The number of nitrogens with two attached hydrogens (primary N) is 1. The van der Waals surface area contributed by atoms with Crippen LogP contribution in [0.5, 0.6) is 0 Å². The summed E-state index contributed by atoms with van der Waals surface area (Å²) in [6, 6.07) is 9.97. The lowest BCUT2D eigenvalue weighted by molar-refractivity contribution is 0.0738. The van der Waals surface area contributed by atoms with Crippen molar-refractivity contribution in [1.82, 2.24) is 9.80 Å². The Morgan fingerprint density at radius 2 is 2.00 bits per heavy atom. The molecule has 2 aliphatic rings. The second-order valence-corrected chi connectivity index (χ2v) is 6.48. The second kappa shape index (κ2) is 5.84. The minimum atomic E-state index is 0.392. The molecule has 2 N–H and O–H groups in total. The van der Waals surface area contributed by atoms with Crippen molar-refractivity contribution in [2.45, 2.75) is 37.8 Å². The fourth-order valence-corrected chi connectivity index (χ4v) is 3.41. The van der Waals surface area contributed by atoms with E-state index in [0.29, 0.717) is 12.1 Å². The average molecular weight is 273 g/mol. The highest BCUT2D eigenvalue weighted by molar-refractivity contribution is 5.36. The molecule has 1 heterocycles. The van der Waals surface area contributed by atoms with Crippen LogP contribution in [0, 0.1) is 0 Å². The SMILES string of the molecule is CC1CN(C(CN)c2ccccc2C2CC2)CCN1C. The molecule has 110 valence electrons. The summed E-state index contributed by atoms with van der Waals surface area (Å²) in [6.45, 7) is 6.43. The van der Waals surface area contributed by atoms with Gasteiger partial charge in [0.15, 0.2) is 0 Å². The van der Waals surface area contributed by atoms with E-state index in [0.717, 1.165) is 32.1 Å². The molecule has 2 unspecified atom stereocenters. The van der Waals surface area contributed by atoms with Gasteiger partial charge in [0.05, 0.1) is 0 Å². The molecule has 1 saturated heterocycles. The first kappa shape index (κ1) is 14.1. The van der Waals surface area contributed by atoms with Crippen molar-refractivity contribution < 1.29 is 0 Å². The Labute approximate surface area is 122 Å². The average Bonchev–Trinajstić information content (AvgIpc) is 3.29. The van der Waals surface area contributed by atoms with E-state index < -0.39 is 0 Å². The number of hydrogen-bond donors (Lipinski definition) is 1. The number of hydrogen-bond acceptors (Lipinski definition) is 3. The summed E-state index contributed by atoms with van der Waals surface area (Å²) < 4.78 is 0. The van der Waals surface area contributed by atoms with E-state index in [-0.39, 0.29) is 0 Å². The smallest absolute Gasteiger partial charge is 0.0474 e. The van der Waals surface area contributed by atoms with Crippen molar-refractivity contribution in [3.8, 4) is 0 Å². The Morgan fingerprint density at radius 1 is 1.25 bits per heavy atom. The van der Waals surface area contributed by atoms with Crippen LogP contribution in [0.15, 0.2) is 24.3 Å². The fraction of sp³-hybridized carbons (Fsp3) is 0.647. The van der Waals surface area contributed by atoms with Gasteiger partial charge >= 0.3 is 0 Å². The molecule has 1 saturated carbocycles. The van der Waals surface area contributed by atoms with Crippen LogP contribution in [0.1, 0.15) is 42.9 Å². The Kier molecular flexibility index (Phi) is 4.11. The molecule has 0 amide bonds. The number of piperazine rings is 1. The molecule has 2 fully saturated rings. The number of nitrogens with zero attached hydrogens (tertiary/aromatic N) is 2. The van der Waals surface area contributed by atoms with Crippen molar-refractivity contribution >= 4 is 0 Å². The maximum absolute atomic E-state index is 6.15. The Morgan fingerprint density at radius 3 is 2.65 bits per heavy atom. The molecule has 0 radical (unpaired) electrons. The molecule has 0 bridgehead atoms. The zero-order chi connectivity index (χ0) is 14.1. The van der Waals surface area contributed by atoms with Gasteiger partial charge in [-0.15, -0.1) is 0 Å². The summed E-state index contributed by atoms with van der Waals surface area (Å²) in [5.41, 5.74) is 9.18. The van der Waals surface area contributed by atoms with Gasteiger partial charge in [0.2, 0.25) is 0 Å². The van der Waals surface area contributed by atoms with E-state index in [1.165, 1.54) is 18.4 Å². The van der Waals surface area contributed by atoms with E-state index >= 15 is 0 Å². The number of rotatable bonds is 4. The third-order valence-electron chi connectivity index (χ3n) is 5.03. The third-order valence-corrected chi connectivity index (χ3v) is 5.03. The predicted octanol–water partition coefficient (Wildman–Crippen LogP) is 2.20. The normalized spacial score (nSPS) is 26.6. The van der Waals surface area contributed by atoms with E-state index in [4.69, 9.17) is 5.73 Å². The van der Waals surface area contributed by atoms with Gasteiger partial charge in [-0.3, -0.25) is 4.90 Å². The number of likely N-dealkylation sites (N-methyl/N-ethyl adjacent to an activating group) is 1. The molecule has 20 heavy (non-hydrogen) atoms. The largest absolute Gasteiger partial charge is 0.329 e. The van der Waals surface area contributed by atoms with Gasteiger partial charge in [0.25, 0.3) is 0 Å². The lowest BCUT2D eigenvalue weighted by Gasteiger charge is -2.42. The van der Waals surface area contributed by atoms with Crippen molar-refractivity contribution in [3.63, 3.8) is 0 Å². The summed E-state index contributed by atoms with van der Waals surface area (Å²) in [4.78, 5) is 5.03. The first-order valence-electron chi connectivity index (χ1n) is 7.94. The standard InChI is InChI=1S/C17H27N3/c1-13-12-20(10-9-19(13)2)17(11-18)16-6-4-3-5-15(16)14-7-8-14/h3-6,13-14,17H,7-12,18H2,1-2H3. The van der Waals surface area contributed by atoms with Gasteiger partial charge in [-0.25, -0.2) is 0 Å². The van der Waals surface area contributed by atoms with Crippen molar-refractivity contribution in [1.29, 1.82) is 0 Å². The third kappa shape index (κ3) is 2.76. The highest BCUT2D eigenvalue weighted by Gasteiger charge is 2.31. The molecule has 1 aromatic carbocycles. The Balaban J connectivity index is 1.83. The molecule has 1 aliphatic heterocycles. The summed E-state index contributed by atoms with van der Waals surface area (Å²) in [5.74, 6) is 0.796. The van der Waals surface area contributed by atoms with Gasteiger partial charge in [0, 0.05) is 38.3 Å². The van der Waals surface area contributed by atoms with Gasteiger partial charge in [0.1, 0.15) is 0 Å². The first-order chi connectivity index (χ1) is 9.70. The Hall–Kier alpha value is -0.900. The van der Waals surface area contributed by atoms with Crippen LogP contribution in [0.4, 0.5) is 0 Å². The van der Waals surface area contributed by atoms with Crippen molar-refractivity contribution in [3.05, 3.63) is 35.4 Å². The van der Waals surface area contributed by atoms with E-state index in [9.17, 15) is 0 Å². The van der Waals surface area contributed by atoms with Crippen LogP contribution in [-0.2, 0) is 0 Å². The van der Waals surface area contributed by atoms with Crippen LogP contribution >= 0.6 is 0 Å². The minimum absolute atomic E-state index is 0.392. The maximum atomic E-state index is 6.15. The maximum Gasteiger partial charge on any atom is 0.0474 e. The molecule has 1 aromatic rings. The molecule has 0 aromatic heterocycles. The van der Waals surface area contributed by atoms with Gasteiger partial charge in [-0.05, 0) is 43.9 Å². The van der Waals surface area contributed by atoms with Gasteiger partial charge < -0.3 is 10.6 Å². The molecular formula is C17H27N3. The summed E-state index contributed by atoms with van der Waals surface area (Å²) in [7, 11) is 2.22. The molecule has 1 aliphatic carbocycles. The zero-order valence-corrected chi connectivity index (χ0v) is 12.8. The van der Waals surface area contributed by atoms with Crippen LogP contribution in [0.25, 0.3) is 0 Å². The minimum Gasteiger partial charge on any atom is -0.329 e. The Bertz CT molecular complexity index is 455. The predicted molar refractivity (Wildman–Crippen MR) is 83.9 cm³/mol. The van der Waals surface area contributed by atoms with Crippen LogP contribution < -0.4 is 5.73 Å². The van der Waals surface area contributed by atoms with Gasteiger partial charge in [-0.1, -0.05) is 24.3 Å². The topological polar surface area (TPSA) is 32.5 Å². The molecule has 0 spiro atoms. The number of benzene rings is 1. The highest BCUT2D eigenvalue weighted by atomic mass is 15.3. The molecule has 3 nitrogen and oxygen atoms in total. The summed E-state index contributed by atoms with van der Waals surface area (Å²) >= 11 is 0. The van der Waals surface area contributed by atoms with Crippen LogP contribution in [0.3, 0.4) is 0 Å². The highest BCUT2D eigenvalue weighted by Crippen LogP contribution is 2.43. The van der Waals surface area contributed by atoms with Gasteiger partial charge in [-0.2, -0.15) is 0 Å². The lowest BCUT2D eigenvalue weighted by Crippen LogP contribution is -2.52. The van der Waals surface area contributed by atoms with E-state index in [1.54, 1.807) is 5.56 Å². The van der Waals surface area contributed by atoms with Crippen LogP contribution in [-0.4, -0.2) is 49.1 Å². The molecule has 3 rings (SSSR count). The summed E-state index contributed by atoms with van der Waals surface area (Å²) in [5, 5.41) is 0. The van der Waals surface area contributed by atoms with Crippen molar-refractivity contribution in [2.24, 2.45) is 5.73 Å². The zero-order valence-electron chi connectivity index (χ0n) is 12.8. The first-order valence-corrected chi connectivity index (χ1v) is 7.94. The second-order valence-electron chi connectivity index (χ2n) is 6.48. The summed E-state index contributed by atoms with van der Waals surface area (Å²) in [6.07, 6.45) is 2.71. The van der Waals surface area contributed by atoms with E-state index in [2.05, 4.69) is 48.0 Å². The van der Waals surface area contributed by atoms with Crippen molar-refractivity contribution in [2.75, 3.05) is 33.2 Å². The molecule has 2 atom stereocenters. The fourth-order valence-electron chi connectivity index (χ4n) is 3.41. The van der Waals surface area contributed by atoms with Crippen LogP contribution in [0.2, 0.25) is 0 Å². The lowest BCUT2D eigenvalue weighted by atomic mass is 9.95. The monoisotopic (exact) mass is 273 g/mol. The molecular weight excluding hydrogens is 246 g/mol. The quantitative estimate of drug-likeness (QED) is 0.913. The molecule has 3 heteroatoms.